The highest BCUT2D eigenvalue weighted by molar-refractivity contribution is 14.1. The molecule has 0 aliphatic rings. The van der Waals surface area contributed by atoms with E-state index in [1.54, 1.807) is 24.1 Å². The number of hydrogen-bond acceptors (Lipinski definition) is 1. The third-order valence-corrected chi connectivity index (χ3v) is 3.99. The summed E-state index contributed by atoms with van der Waals surface area (Å²) in [4.78, 5) is 13.8. The van der Waals surface area contributed by atoms with Crippen molar-refractivity contribution in [3.8, 4) is 0 Å². The van der Waals surface area contributed by atoms with Crippen LogP contribution in [0.1, 0.15) is 23.2 Å². The normalized spacial score (nSPS) is 10.1. The van der Waals surface area contributed by atoms with Gasteiger partial charge >= 0.3 is 0 Å². The van der Waals surface area contributed by atoms with Gasteiger partial charge in [0.2, 0.25) is 0 Å². The van der Waals surface area contributed by atoms with Crippen molar-refractivity contribution in [3.63, 3.8) is 0 Å². The summed E-state index contributed by atoms with van der Waals surface area (Å²) in [5.74, 6) is 0.00682. The Morgan fingerprint density at radius 2 is 2.29 bits per heavy atom. The Bertz CT molecular complexity index is 420. The number of carbonyl (C=O) groups is 1. The molecular formula is C13H15ClINO. The van der Waals surface area contributed by atoms with Crippen molar-refractivity contribution in [1.82, 2.24) is 4.90 Å². The van der Waals surface area contributed by atoms with E-state index in [9.17, 15) is 4.79 Å². The third kappa shape index (κ3) is 4.32. The maximum Gasteiger partial charge on any atom is 0.253 e. The van der Waals surface area contributed by atoms with Gasteiger partial charge in [0.15, 0.2) is 0 Å². The number of carbonyl (C=O) groups excluding carboxylic acids is 1. The molecule has 0 heterocycles. The minimum Gasteiger partial charge on any atom is -0.342 e. The standard InChI is InChI=1S/C13H15ClINO/c1-3-4-5-8-16(2)13(17)10-6-7-12(15)11(14)9-10/h3,6-7,9H,1,4-5,8H2,2H3. The van der Waals surface area contributed by atoms with Gasteiger partial charge in [-0.3, -0.25) is 4.79 Å². The van der Waals surface area contributed by atoms with E-state index in [2.05, 4.69) is 29.2 Å². The van der Waals surface area contributed by atoms with Crippen LogP contribution in [-0.2, 0) is 0 Å². The fourth-order valence-electron chi connectivity index (χ4n) is 1.42. The fraction of sp³-hybridized carbons (Fsp3) is 0.308. The Morgan fingerprint density at radius 3 is 2.88 bits per heavy atom. The van der Waals surface area contributed by atoms with Crippen LogP contribution in [0.5, 0.6) is 0 Å². The van der Waals surface area contributed by atoms with E-state index in [1.165, 1.54) is 0 Å². The van der Waals surface area contributed by atoms with Crippen molar-refractivity contribution in [2.45, 2.75) is 12.8 Å². The molecule has 17 heavy (non-hydrogen) atoms. The first-order chi connectivity index (χ1) is 8.06. The van der Waals surface area contributed by atoms with Crippen LogP contribution in [-0.4, -0.2) is 24.4 Å². The molecule has 0 bridgehead atoms. The van der Waals surface area contributed by atoms with E-state index in [0.717, 1.165) is 23.0 Å². The lowest BCUT2D eigenvalue weighted by Gasteiger charge is -2.17. The lowest BCUT2D eigenvalue weighted by molar-refractivity contribution is 0.0794. The van der Waals surface area contributed by atoms with Crippen molar-refractivity contribution in [2.24, 2.45) is 0 Å². The van der Waals surface area contributed by atoms with Crippen LogP contribution in [0.4, 0.5) is 0 Å². The molecule has 0 saturated carbocycles. The molecule has 0 atom stereocenters. The topological polar surface area (TPSA) is 20.3 Å². The van der Waals surface area contributed by atoms with Gasteiger partial charge in [-0.25, -0.2) is 0 Å². The zero-order chi connectivity index (χ0) is 12.8. The molecule has 1 aromatic rings. The van der Waals surface area contributed by atoms with E-state index >= 15 is 0 Å². The molecule has 1 rings (SSSR count). The summed E-state index contributed by atoms with van der Waals surface area (Å²) in [6, 6.07) is 5.38. The van der Waals surface area contributed by atoms with Crippen molar-refractivity contribution in [2.75, 3.05) is 13.6 Å². The number of amides is 1. The SMILES string of the molecule is C=CCCCN(C)C(=O)c1ccc(I)c(Cl)c1. The monoisotopic (exact) mass is 363 g/mol. The maximum absolute atomic E-state index is 12.0. The first-order valence-corrected chi connectivity index (χ1v) is 6.83. The van der Waals surface area contributed by atoms with Gasteiger partial charge < -0.3 is 4.90 Å². The Balaban J connectivity index is 2.68. The predicted octanol–water partition coefficient (Wildman–Crippen LogP) is 3.98. The number of halogens is 2. The maximum atomic E-state index is 12.0. The predicted molar refractivity (Wildman–Crippen MR) is 80.6 cm³/mol. The number of allylic oxidation sites excluding steroid dienone is 1. The third-order valence-electron chi connectivity index (χ3n) is 2.42. The van der Waals surface area contributed by atoms with Crippen LogP contribution in [0.2, 0.25) is 5.02 Å². The summed E-state index contributed by atoms with van der Waals surface area (Å²) in [6.45, 7) is 4.39. The van der Waals surface area contributed by atoms with Gasteiger partial charge in [-0.2, -0.15) is 0 Å². The molecule has 1 amide bonds. The van der Waals surface area contributed by atoms with Crippen molar-refractivity contribution in [3.05, 3.63) is 45.0 Å². The van der Waals surface area contributed by atoms with Gasteiger partial charge in [0.1, 0.15) is 0 Å². The number of benzene rings is 1. The van der Waals surface area contributed by atoms with Gasteiger partial charge in [-0.1, -0.05) is 17.7 Å². The minimum atomic E-state index is 0.00682. The Labute approximate surface area is 121 Å². The molecule has 0 fully saturated rings. The second kappa shape index (κ2) is 7.01. The molecule has 0 spiro atoms. The molecule has 0 saturated heterocycles. The molecule has 0 unspecified atom stereocenters. The summed E-state index contributed by atoms with van der Waals surface area (Å²) < 4.78 is 0.954. The van der Waals surface area contributed by atoms with Gasteiger partial charge in [0, 0.05) is 22.7 Å². The van der Waals surface area contributed by atoms with Crippen LogP contribution in [0.3, 0.4) is 0 Å². The van der Waals surface area contributed by atoms with Crippen LogP contribution < -0.4 is 0 Å². The average Bonchev–Trinajstić information content (AvgIpc) is 2.32. The molecule has 0 aromatic heterocycles. The largest absolute Gasteiger partial charge is 0.342 e. The van der Waals surface area contributed by atoms with Gasteiger partial charge in [0.25, 0.3) is 5.91 Å². The zero-order valence-electron chi connectivity index (χ0n) is 9.75. The van der Waals surface area contributed by atoms with Crippen LogP contribution in [0, 0.1) is 3.57 Å². The molecule has 0 aliphatic carbocycles. The molecule has 2 nitrogen and oxygen atoms in total. The van der Waals surface area contributed by atoms with Gasteiger partial charge in [0.05, 0.1) is 5.02 Å². The van der Waals surface area contributed by atoms with Gasteiger partial charge in [-0.05, 0) is 53.6 Å². The summed E-state index contributed by atoms with van der Waals surface area (Å²) in [7, 11) is 1.80. The number of rotatable bonds is 5. The van der Waals surface area contributed by atoms with Crippen molar-refractivity contribution < 1.29 is 4.79 Å². The first kappa shape index (κ1) is 14.5. The van der Waals surface area contributed by atoms with Gasteiger partial charge in [-0.15, -0.1) is 6.58 Å². The molecule has 1 aromatic carbocycles. The lowest BCUT2D eigenvalue weighted by Crippen LogP contribution is -2.27. The lowest BCUT2D eigenvalue weighted by atomic mass is 10.2. The fourth-order valence-corrected chi connectivity index (χ4v) is 1.94. The molecule has 0 N–H and O–H groups in total. The zero-order valence-corrected chi connectivity index (χ0v) is 12.7. The van der Waals surface area contributed by atoms with E-state index in [1.807, 2.05) is 12.1 Å². The van der Waals surface area contributed by atoms with Crippen molar-refractivity contribution in [1.29, 1.82) is 0 Å². The first-order valence-electron chi connectivity index (χ1n) is 5.37. The minimum absolute atomic E-state index is 0.00682. The highest BCUT2D eigenvalue weighted by Crippen LogP contribution is 2.20. The second-order valence-corrected chi connectivity index (χ2v) is 5.36. The summed E-state index contributed by atoms with van der Waals surface area (Å²) in [6.07, 6.45) is 3.72. The Kier molecular flexibility index (Phi) is 5.98. The number of hydrogen-bond donors (Lipinski definition) is 0. The molecular weight excluding hydrogens is 349 g/mol. The second-order valence-electron chi connectivity index (χ2n) is 3.79. The molecule has 92 valence electrons. The highest BCUT2D eigenvalue weighted by Gasteiger charge is 2.12. The van der Waals surface area contributed by atoms with Crippen LogP contribution in [0.25, 0.3) is 0 Å². The molecule has 0 radical (unpaired) electrons. The molecule has 0 aliphatic heterocycles. The quantitative estimate of drug-likeness (QED) is 0.440. The van der Waals surface area contributed by atoms with Crippen LogP contribution >= 0.6 is 34.2 Å². The summed E-state index contributed by atoms with van der Waals surface area (Å²) >= 11 is 8.14. The summed E-state index contributed by atoms with van der Waals surface area (Å²) in [5, 5.41) is 0.621. The van der Waals surface area contributed by atoms with E-state index in [-0.39, 0.29) is 5.91 Å². The smallest absolute Gasteiger partial charge is 0.253 e. The highest BCUT2D eigenvalue weighted by atomic mass is 127. The molecule has 4 heteroatoms. The van der Waals surface area contributed by atoms with E-state index in [4.69, 9.17) is 11.6 Å². The number of nitrogens with zero attached hydrogens (tertiary/aromatic N) is 1. The summed E-state index contributed by atoms with van der Waals surface area (Å²) in [5.41, 5.74) is 0.636. The Morgan fingerprint density at radius 1 is 1.59 bits per heavy atom. The van der Waals surface area contributed by atoms with Crippen molar-refractivity contribution >= 4 is 40.1 Å². The van der Waals surface area contributed by atoms with E-state index < -0.39 is 0 Å². The van der Waals surface area contributed by atoms with E-state index in [0.29, 0.717) is 10.6 Å². The Hall–Kier alpha value is -0.550. The number of unbranched alkanes of at least 4 members (excludes halogenated alkanes) is 1. The van der Waals surface area contributed by atoms with Crippen LogP contribution in [0.15, 0.2) is 30.9 Å². The average molecular weight is 364 g/mol.